The van der Waals surface area contributed by atoms with Gasteiger partial charge in [0.1, 0.15) is 0 Å². The molecule has 1 aromatic heterocycles. The molecule has 1 heterocycles. The molecule has 2 heteroatoms. The summed E-state index contributed by atoms with van der Waals surface area (Å²) in [5.41, 5.74) is 1.30. The van der Waals surface area contributed by atoms with Crippen molar-refractivity contribution >= 4 is 24.0 Å². The molecule has 0 nitrogen and oxygen atoms in total. The minimum absolute atomic E-state index is 0.0278. The first-order valence-corrected chi connectivity index (χ1v) is 4.25. The Balaban J connectivity index is 2.90. The van der Waals surface area contributed by atoms with Crippen LogP contribution >= 0.6 is 24.0 Å². The standard InChI is InChI=1S/C7H10S2/c1-7(2,8)6-3-4-9-5-6/h3-5,8H,1-2H3. The second-order valence-electron chi connectivity index (χ2n) is 2.57. The van der Waals surface area contributed by atoms with Crippen LogP contribution in [0.25, 0.3) is 0 Å². The fourth-order valence-electron chi connectivity index (χ4n) is 0.613. The van der Waals surface area contributed by atoms with Crippen LogP contribution in [0.1, 0.15) is 19.4 Å². The Morgan fingerprint density at radius 3 is 2.44 bits per heavy atom. The minimum atomic E-state index is 0.0278. The monoisotopic (exact) mass is 158 g/mol. The summed E-state index contributed by atoms with van der Waals surface area (Å²) in [5, 5.41) is 4.21. The van der Waals surface area contributed by atoms with Crippen LogP contribution in [-0.2, 0) is 4.75 Å². The third-order valence-electron chi connectivity index (χ3n) is 1.23. The summed E-state index contributed by atoms with van der Waals surface area (Å²) in [6, 6.07) is 2.11. The number of thiophene rings is 1. The number of thiol groups is 1. The van der Waals surface area contributed by atoms with E-state index < -0.39 is 0 Å². The second-order valence-corrected chi connectivity index (χ2v) is 4.47. The molecule has 1 aromatic rings. The molecule has 0 saturated carbocycles. The van der Waals surface area contributed by atoms with Crippen molar-refractivity contribution in [1.82, 2.24) is 0 Å². The van der Waals surface area contributed by atoms with Gasteiger partial charge in [0.05, 0.1) is 0 Å². The normalized spacial score (nSPS) is 11.9. The first kappa shape index (κ1) is 7.16. The van der Waals surface area contributed by atoms with Gasteiger partial charge in [-0.2, -0.15) is 24.0 Å². The molecule has 0 bridgehead atoms. The molecule has 50 valence electrons. The number of hydrogen-bond acceptors (Lipinski definition) is 2. The van der Waals surface area contributed by atoms with Crippen LogP contribution in [0.4, 0.5) is 0 Å². The van der Waals surface area contributed by atoms with Crippen molar-refractivity contribution in [2.24, 2.45) is 0 Å². The van der Waals surface area contributed by atoms with Gasteiger partial charge in [0.2, 0.25) is 0 Å². The van der Waals surface area contributed by atoms with E-state index in [0.717, 1.165) is 0 Å². The summed E-state index contributed by atoms with van der Waals surface area (Å²) in [6.07, 6.45) is 0. The van der Waals surface area contributed by atoms with Crippen LogP contribution in [0.2, 0.25) is 0 Å². The van der Waals surface area contributed by atoms with Gasteiger partial charge in [-0.25, -0.2) is 0 Å². The van der Waals surface area contributed by atoms with E-state index in [1.165, 1.54) is 5.56 Å². The van der Waals surface area contributed by atoms with Gasteiger partial charge in [-0.1, -0.05) is 0 Å². The van der Waals surface area contributed by atoms with Gasteiger partial charge in [0, 0.05) is 4.75 Å². The zero-order valence-corrected chi connectivity index (χ0v) is 7.30. The van der Waals surface area contributed by atoms with E-state index >= 15 is 0 Å². The Bertz CT molecular complexity index is 169. The fourth-order valence-corrected chi connectivity index (χ4v) is 1.66. The summed E-state index contributed by atoms with van der Waals surface area (Å²) in [5.74, 6) is 0. The topological polar surface area (TPSA) is 0 Å². The Kier molecular flexibility index (Phi) is 1.87. The molecular weight excluding hydrogens is 148 g/mol. The number of rotatable bonds is 1. The van der Waals surface area contributed by atoms with Gasteiger partial charge >= 0.3 is 0 Å². The Morgan fingerprint density at radius 2 is 2.22 bits per heavy atom. The van der Waals surface area contributed by atoms with Gasteiger partial charge in [0.25, 0.3) is 0 Å². The van der Waals surface area contributed by atoms with Crippen LogP contribution in [0, 0.1) is 0 Å². The molecule has 0 aromatic carbocycles. The zero-order chi connectivity index (χ0) is 6.91. The molecule has 0 N–H and O–H groups in total. The van der Waals surface area contributed by atoms with Crippen LogP contribution in [0.3, 0.4) is 0 Å². The Labute approximate surface area is 65.3 Å². The highest BCUT2D eigenvalue weighted by Gasteiger charge is 2.13. The Hall–Kier alpha value is 0.0500. The van der Waals surface area contributed by atoms with E-state index in [-0.39, 0.29) is 4.75 Å². The maximum atomic E-state index is 4.42. The largest absolute Gasteiger partial charge is 0.168 e. The van der Waals surface area contributed by atoms with Crippen molar-refractivity contribution in [1.29, 1.82) is 0 Å². The molecule has 0 aliphatic heterocycles. The average molecular weight is 158 g/mol. The first-order chi connectivity index (χ1) is 4.11. The smallest absolute Gasteiger partial charge is 0.0330 e. The van der Waals surface area contributed by atoms with Gasteiger partial charge in [-0.05, 0) is 36.2 Å². The predicted octanol–water partition coefficient (Wildman–Crippen LogP) is 2.91. The molecular formula is C7H10S2. The molecule has 0 atom stereocenters. The lowest BCUT2D eigenvalue weighted by Crippen LogP contribution is -2.04. The molecule has 0 aliphatic rings. The highest BCUT2D eigenvalue weighted by molar-refractivity contribution is 7.81. The maximum absolute atomic E-state index is 4.42. The third-order valence-corrected chi connectivity index (χ3v) is 2.17. The van der Waals surface area contributed by atoms with E-state index in [1.807, 2.05) is 0 Å². The van der Waals surface area contributed by atoms with Gasteiger partial charge < -0.3 is 0 Å². The number of hydrogen-bond donors (Lipinski definition) is 1. The summed E-state index contributed by atoms with van der Waals surface area (Å²) in [7, 11) is 0. The van der Waals surface area contributed by atoms with Crippen LogP contribution < -0.4 is 0 Å². The summed E-state index contributed by atoms with van der Waals surface area (Å²) in [6.45, 7) is 4.19. The fraction of sp³-hybridized carbons (Fsp3) is 0.429. The molecule has 0 saturated heterocycles. The molecule has 0 fully saturated rings. The molecule has 0 amide bonds. The third kappa shape index (κ3) is 1.73. The van der Waals surface area contributed by atoms with Crippen LogP contribution in [0.5, 0.6) is 0 Å². The SMILES string of the molecule is CC(C)(S)c1ccsc1. The molecule has 0 aliphatic carbocycles. The lowest BCUT2D eigenvalue weighted by Gasteiger charge is -2.14. The van der Waals surface area contributed by atoms with Gasteiger partial charge in [-0.3, -0.25) is 0 Å². The summed E-state index contributed by atoms with van der Waals surface area (Å²) in [4.78, 5) is 0. The van der Waals surface area contributed by atoms with E-state index in [1.54, 1.807) is 11.3 Å². The molecule has 0 unspecified atom stereocenters. The second kappa shape index (κ2) is 2.35. The Morgan fingerprint density at radius 1 is 1.56 bits per heavy atom. The lowest BCUT2D eigenvalue weighted by atomic mass is 10.1. The van der Waals surface area contributed by atoms with E-state index in [4.69, 9.17) is 0 Å². The highest BCUT2D eigenvalue weighted by Crippen LogP contribution is 2.28. The molecule has 1 rings (SSSR count). The molecule has 9 heavy (non-hydrogen) atoms. The lowest BCUT2D eigenvalue weighted by molar-refractivity contribution is 0.796. The van der Waals surface area contributed by atoms with E-state index in [2.05, 4.69) is 43.3 Å². The van der Waals surface area contributed by atoms with Crippen LogP contribution in [0.15, 0.2) is 16.8 Å². The van der Waals surface area contributed by atoms with E-state index in [9.17, 15) is 0 Å². The average Bonchev–Trinajstić information content (AvgIpc) is 2.08. The van der Waals surface area contributed by atoms with Crippen LogP contribution in [-0.4, -0.2) is 0 Å². The summed E-state index contributed by atoms with van der Waals surface area (Å²) >= 11 is 6.13. The van der Waals surface area contributed by atoms with Crippen molar-refractivity contribution in [3.05, 3.63) is 22.4 Å². The highest BCUT2D eigenvalue weighted by atomic mass is 32.1. The predicted molar refractivity (Wildman–Crippen MR) is 46.3 cm³/mol. The first-order valence-electron chi connectivity index (χ1n) is 2.86. The van der Waals surface area contributed by atoms with Crippen molar-refractivity contribution in [3.63, 3.8) is 0 Å². The van der Waals surface area contributed by atoms with E-state index in [0.29, 0.717) is 0 Å². The van der Waals surface area contributed by atoms with Gasteiger partial charge in [0.15, 0.2) is 0 Å². The van der Waals surface area contributed by atoms with Gasteiger partial charge in [-0.15, -0.1) is 0 Å². The van der Waals surface area contributed by atoms with Crippen molar-refractivity contribution < 1.29 is 0 Å². The van der Waals surface area contributed by atoms with Crippen molar-refractivity contribution in [2.45, 2.75) is 18.6 Å². The summed E-state index contributed by atoms with van der Waals surface area (Å²) < 4.78 is 0.0278. The minimum Gasteiger partial charge on any atom is -0.168 e. The van der Waals surface area contributed by atoms with Crippen molar-refractivity contribution in [3.8, 4) is 0 Å². The molecule has 0 radical (unpaired) electrons. The quantitative estimate of drug-likeness (QED) is 0.597. The molecule has 0 spiro atoms. The van der Waals surface area contributed by atoms with Crippen molar-refractivity contribution in [2.75, 3.05) is 0 Å². The zero-order valence-electron chi connectivity index (χ0n) is 5.59. The maximum Gasteiger partial charge on any atom is 0.0330 e.